The number of carbonyl (C=O) groups is 1. The fourth-order valence-corrected chi connectivity index (χ4v) is 4.40. The van der Waals surface area contributed by atoms with Crippen molar-refractivity contribution in [3.63, 3.8) is 0 Å². The molecule has 1 N–H and O–H groups in total. The number of fused-ring (bicyclic) bond motifs is 1. The number of carbonyl (C=O) groups excluding carboxylic acids is 1. The molecule has 1 aromatic carbocycles. The van der Waals surface area contributed by atoms with E-state index < -0.39 is 0 Å². The molecule has 0 unspecified atom stereocenters. The van der Waals surface area contributed by atoms with Crippen LogP contribution in [0.5, 0.6) is 0 Å². The highest BCUT2D eigenvalue weighted by Crippen LogP contribution is 2.29. The van der Waals surface area contributed by atoms with Crippen molar-refractivity contribution in [2.45, 2.75) is 58.2 Å². The molecule has 0 spiro atoms. The van der Waals surface area contributed by atoms with Gasteiger partial charge in [-0.2, -0.15) is 5.26 Å². The third-order valence-electron chi connectivity index (χ3n) is 5.72. The van der Waals surface area contributed by atoms with Gasteiger partial charge in [-0.3, -0.25) is 4.79 Å². The van der Waals surface area contributed by atoms with E-state index in [-0.39, 0.29) is 18.0 Å². The zero-order valence-corrected chi connectivity index (χ0v) is 17.8. The van der Waals surface area contributed by atoms with E-state index in [1.165, 1.54) is 0 Å². The fraction of sp³-hybridized carbons (Fsp3) is 0.565. The van der Waals surface area contributed by atoms with Gasteiger partial charge in [0.25, 0.3) is 5.91 Å². The normalized spacial score (nSPS) is 16.9. The van der Waals surface area contributed by atoms with Crippen LogP contribution in [0.2, 0.25) is 0 Å². The average molecular weight is 397 g/mol. The smallest absolute Gasteiger partial charge is 0.272 e. The van der Waals surface area contributed by atoms with E-state index in [1.807, 2.05) is 29.2 Å². The van der Waals surface area contributed by atoms with Crippen molar-refractivity contribution in [2.75, 3.05) is 26.8 Å². The molecule has 0 radical (unpaired) electrons. The van der Waals surface area contributed by atoms with Gasteiger partial charge in [-0.15, -0.1) is 0 Å². The largest absolute Gasteiger partial charge is 0.385 e. The van der Waals surface area contributed by atoms with E-state index >= 15 is 0 Å². The molecule has 2 aromatic rings. The maximum atomic E-state index is 13.8. The molecule has 1 aliphatic heterocycles. The van der Waals surface area contributed by atoms with E-state index in [0.29, 0.717) is 24.4 Å². The van der Waals surface area contributed by atoms with Crippen LogP contribution in [0.25, 0.3) is 10.9 Å². The predicted molar refractivity (Wildman–Crippen MR) is 115 cm³/mol. The summed E-state index contributed by atoms with van der Waals surface area (Å²) in [5, 5.41) is 14.2. The molecule has 6 nitrogen and oxygen atoms in total. The van der Waals surface area contributed by atoms with Crippen LogP contribution in [0, 0.1) is 11.3 Å². The number of hydrogen-bond acceptors (Lipinski definition) is 4. The second-order valence-corrected chi connectivity index (χ2v) is 8.01. The molecule has 29 heavy (non-hydrogen) atoms. The van der Waals surface area contributed by atoms with Gasteiger partial charge in [0, 0.05) is 49.8 Å². The molecule has 0 saturated carbocycles. The number of nitriles is 1. The number of unbranched alkanes of at least 4 members (excludes halogenated alkanes) is 1. The zero-order valence-electron chi connectivity index (χ0n) is 17.8. The molecule has 1 saturated heterocycles. The van der Waals surface area contributed by atoms with Crippen molar-refractivity contribution in [3.05, 3.63) is 35.5 Å². The number of methoxy groups -OCH3 is 1. The molecule has 1 fully saturated rings. The maximum absolute atomic E-state index is 13.8. The summed E-state index contributed by atoms with van der Waals surface area (Å²) >= 11 is 0. The minimum atomic E-state index is -0.0341. The zero-order chi connectivity index (χ0) is 20.8. The van der Waals surface area contributed by atoms with Crippen molar-refractivity contribution in [1.29, 1.82) is 5.26 Å². The first kappa shape index (κ1) is 21.4. The molecule has 6 heteroatoms. The standard InChI is InChI=1S/C23H32N4O2/c1-17(2)27(18-9-8-12-25-16-18)23(28)22-20(15-24)19-10-4-5-11-21(19)26(22)13-6-7-14-29-3/h4-5,10-11,17-18,25H,6-9,12-14,16H2,1-3H3/t18-/m1/s1. The van der Waals surface area contributed by atoms with Gasteiger partial charge >= 0.3 is 0 Å². The molecule has 156 valence electrons. The van der Waals surface area contributed by atoms with Crippen molar-refractivity contribution in [3.8, 4) is 6.07 Å². The number of nitrogens with zero attached hydrogens (tertiary/aromatic N) is 3. The van der Waals surface area contributed by atoms with Crippen LogP contribution < -0.4 is 5.32 Å². The molecule has 0 bridgehead atoms. The van der Waals surface area contributed by atoms with E-state index in [0.717, 1.165) is 49.7 Å². The first-order valence-electron chi connectivity index (χ1n) is 10.6. The van der Waals surface area contributed by atoms with Gasteiger partial charge in [0.15, 0.2) is 0 Å². The number of rotatable bonds is 8. The minimum Gasteiger partial charge on any atom is -0.385 e. The van der Waals surface area contributed by atoms with E-state index in [2.05, 4.69) is 29.8 Å². The van der Waals surface area contributed by atoms with Gasteiger partial charge in [0.1, 0.15) is 11.8 Å². The Kier molecular flexibility index (Phi) is 7.29. The Bertz CT molecular complexity index is 875. The lowest BCUT2D eigenvalue weighted by Crippen LogP contribution is -2.52. The highest BCUT2D eigenvalue weighted by atomic mass is 16.5. The molecular formula is C23H32N4O2. The number of para-hydroxylation sites is 1. The van der Waals surface area contributed by atoms with Crippen LogP contribution in [0.15, 0.2) is 24.3 Å². The molecular weight excluding hydrogens is 364 g/mol. The van der Waals surface area contributed by atoms with Crippen molar-refractivity contribution in [2.24, 2.45) is 0 Å². The molecule has 1 amide bonds. The van der Waals surface area contributed by atoms with Crippen LogP contribution in [0.3, 0.4) is 0 Å². The first-order chi connectivity index (χ1) is 14.1. The van der Waals surface area contributed by atoms with Gasteiger partial charge in [0.05, 0.1) is 5.56 Å². The minimum absolute atomic E-state index is 0.0341. The monoisotopic (exact) mass is 396 g/mol. The summed E-state index contributed by atoms with van der Waals surface area (Å²) in [5.41, 5.74) is 1.98. The Morgan fingerprint density at radius 1 is 1.38 bits per heavy atom. The highest BCUT2D eigenvalue weighted by Gasteiger charge is 2.33. The number of piperidine rings is 1. The Morgan fingerprint density at radius 2 is 2.17 bits per heavy atom. The average Bonchev–Trinajstić information content (AvgIpc) is 3.05. The van der Waals surface area contributed by atoms with Crippen LogP contribution in [0.4, 0.5) is 0 Å². The van der Waals surface area contributed by atoms with Gasteiger partial charge in [-0.1, -0.05) is 18.2 Å². The van der Waals surface area contributed by atoms with Crippen LogP contribution in [-0.2, 0) is 11.3 Å². The SMILES string of the molecule is COCCCCn1c(C(=O)N(C(C)C)[C@@H]2CCCNC2)c(C#N)c2ccccc21. The number of nitrogens with one attached hydrogen (secondary N) is 1. The number of aryl methyl sites for hydroxylation is 1. The van der Waals surface area contributed by atoms with Crippen LogP contribution in [0.1, 0.15) is 55.6 Å². The summed E-state index contributed by atoms with van der Waals surface area (Å²) < 4.78 is 7.23. The van der Waals surface area contributed by atoms with E-state index in [4.69, 9.17) is 4.74 Å². The Morgan fingerprint density at radius 3 is 2.83 bits per heavy atom. The summed E-state index contributed by atoms with van der Waals surface area (Å²) in [7, 11) is 1.70. The highest BCUT2D eigenvalue weighted by molar-refractivity contribution is 6.03. The first-order valence-corrected chi connectivity index (χ1v) is 10.6. The van der Waals surface area contributed by atoms with Crippen molar-refractivity contribution >= 4 is 16.8 Å². The Balaban J connectivity index is 2.05. The molecule has 1 aliphatic rings. The Labute approximate surface area is 173 Å². The second-order valence-electron chi connectivity index (χ2n) is 8.01. The molecule has 0 aliphatic carbocycles. The van der Waals surface area contributed by atoms with Gasteiger partial charge in [-0.05, 0) is 52.1 Å². The third kappa shape index (κ3) is 4.47. The summed E-state index contributed by atoms with van der Waals surface area (Å²) in [6.07, 6.45) is 3.86. The van der Waals surface area contributed by atoms with Crippen LogP contribution in [-0.4, -0.2) is 54.3 Å². The van der Waals surface area contributed by atoms with Gasteiger partial charge in [0.2, 0.25) is 0 Å². The maximum Gasteiger partial charge on any atom is 0.272 e. The van der Waals surface area contributed by atoms with Crippen molar-refractivity contribution in [1.82, 2.24) is 14.8 Å². The number of amides is 1. The number of hydrogen-bond donors (Lipinski definition) is 1. The predicted octanol–water partition coefficient (Wildman–Crippen LogP) is 3.54. The molecule has 2 heterocycles. The van der Waals surface area contributed by atoms with E-state index in [9.17, 15) is 10.1 Å². The topological polar surface area (TPSA) is 70.3 Å². The summed E-state index contributed by atoms with van der Waals surface area (Å²) in [6, 6.07) is 10.4. The summed E-state index contributed by atoms with van der Waals surface area (Å²) in [6.45, 7) is 7.31. The number of ether oxygens (including phenoxy) is 1. The fourth-order valence-electron chi connectivity index (χ4n) is 4.40. The van der Waals surface area contributed by atoms with Crippen molar-refractivity contribution < 1.29 is 9.53 Å². The molecule has 1 aromatic heterocycles. The number of benzene rings is 1. The van der Waals surface area contributed by atoms with Crippen LogP contribution >= 0.6 is 0 Å². The summed E-state index contributed by atoms with van der Waals surface area (Å²) in [5.74, 6) is -0.0341. The Hall–Kier alpha value is -2.36. The van der Waals surface area contributed by atoms with E-state index in [1.54, 1.807) is 7.11 Å². The lowest BCUT2D eigenvalue weighted by atomic mass is 10.0. The summed E-state index contributed by atoms with van der Waals surface area (Å²) in [4.78, 5) is 15.8. The number of aromatic nitrogens is 1. The second kappa shape index (κ2) is 9.91. The van der Waals surface area contributed by atoms with Gasteiger partial charge in [-0.25, -0.2) is 0 Å². The lowest BCUT2D eigenvalue weighted by Gasteiger charge is -2.37. The quantitative estimate of drug-likeness (QED) is 0.693. The lowest BCUT2D eigenvalue weighted by molar-refractivity contribution is 0.0562. The van der Waals surface area contributed by atoms with Gasteiger partial charge < -0.3 is 19.5 Å². The molecule has 1 atom stereocenters. The molecule has 3 rings (SSSR count). The third-order valence-corrected chi connectivity index (χ3v) is 5.72.